The molecule has 0 aliphatic heterocycles. The molecule has 0 spiro atoms. The highest BCUT2D eigenvalue weighted by atomic mass is 79.9. The number of hydrogen-bond acceptors (Lipinski definition) is 1. The molecule has 0 saturated heterocycles. The van der Waals surface area contributed by atoms with E-state index in [1.54, 1.807) is 6.20 Å². The van der Waals surface area contributed by atoms with E-state index in [-0.39, 0.29) is 0 Å². The largest absolute Gasteiger partial charge is 0.263 e. The topological polar surface area (TPSA) is 12.9 Å². The highest BCUT2D eigenvalue weighted by Gasteiger charge is 1.88. The third kappa shape index (κ3) is 1.79. The van der Waals surface area contributed by atoms with Gasteiger partial charge in [-0.15, -0.1) is 0 Å². The third-order valence-corrected chi connectivity index (χ3v) is 1.48. The van der Waals surface area contributed by atoms with Gasteiger partial charge in [-0.25, -0.2) is 0 Å². The normalized spacial score (nSPS) is 9.56. The third-order valence-electron chi connectivity index (χ3n) is 1.05. The molecule has 1 aromatic rings. The van der Waals surface area contributed by atoms with Crippen molar-refractivity contribution in [2.24, 2.45) is 0 Å². The summed E-state index contributed by atoms with van der Waals surface area (Å²) in [6.07, 6.45) is 4.38. The van der Waals surface area contributed by atoms with Crippen LogP contribution in [0.4, 0.5) is 0 Å². The average Bonchev–Trinajstić information content (AvgIpc) is 1.88. The van der Waals surface area contributed by atoms with Crippen LogP contribution in [0, 0.1) is 6.92 Å². The molecule has 0 aromatic carbocycles. The Kier molecular flexibility index (Phi) is 2.22. The minimum absolute atomic E-state index is 0.798. The first-order chi connectivity index (χ1) is 4.33. The van der Waals surface area contributed by atoms with Gasteiger partial charge in [0, 0.05) is 16.9 Å². The zero-order valence-corrected chi connectivity index (χ0v) is 6.56. The van der Waals surface area contributed by atoms with Crippen molar-refractivity contribution in [2.75, 3.05) is 0 Å². The summed E-state index contributed by atoms with van der Waals surface area (Å²) in [6, 6.07) is 2.01. The smallest absolute Gasteiger partial charge is 0.0410 e. The van der Waals surface area contributed by atoms with Gasteiger partial charge in [-0.05, 0) is 40.9 Å². The van der Waals surface area contributed by atoms with Gasteiger partial charge in [0.25, 0.3) is 0 Å². The van der Waals surface area contributed by atoms with E-state index < -0.39 is 0 Å². The zero-order chi connectivity index (χ0) is 6.69. The van der Waals surface area contributed by atoms with Crippen molar-refractivity contribution in [3.8, 4) is 0 Å². The number of nitrogens with zero attached hydrogens (tertiary/aromatic N) is 1. The molecule has 0 amide bonds. The van der Waals surface area contributed by atoms with Crippen molar-refractivity contribution in [1.29, 1.82) is 0 Å². The molecule has 2 heteroatoms. The van der Waals surface area contributed by atoms with Crippen molar-refractivity contribution < 1.29 is 0 Å². The monoisotopic (exact) mass is 184 g/mol. The molecule has 1 radical (unpaired) electrons. The minimum atomic E-state index is 0.798. The molecule has 0 unspecified atom stereocenters. The predicted octanol–water partition coefficient (Wildman–Crippen LogP) is 2.22. The molecule has 1 rings (SSSR count). The lowest BCUT2D eigenvalue weighted by molar-refractivity contribution is 1.18. The summed E-state index contributed by atoms with van der Waals surface area (Å²) < 4.78 is 1.02. The number of pyridine rings is 1. The molecule has 0 N–H and O–H groups in total. The standard InChI is InChI=1S/C7H7BrN/c1-2-6-3-7(8)5-9-4-6/h3-5H,1-2H2. The van der Waals surface area contributed by atoms with Gasteiger partial charge < -0.3 is 0 Å². The molecular formula is C7H7BrN. The highest BCUT2D eigenvalue weighted by molar-refractivity contribution is 9.10. The Labute approximate surface area is 63.2 Å². The van der Waals surface area contributed by atoms with Gasteiger partial charge in [-0.1, -0.05) is 0 Å². The maximum Gasteiger partial charge on any atom is 0.0410 e. The summed E-state index contributed by atoms with van der Waals surface area (Å²) in [6.45, 7) is 3.74. The summed E-state index contributed by atoms with van der Waals surface area (Å²) in [5.41, 5.74) is 1.16. The first-order valence-electron chi connectivity index (χ1n) is 2.71. The van der Waals surface area contributed by atoms with Crippen molar-refractivity contribution in [3.63, 3.8) is 0 Å². The van der Waals surface area contributed by atoms with E-state index in [4.69, 9.17) is 0 Å². The molecule has 0 fully saturated rings. The van der Waals surface area contributed by atoms with Crippen LogP contribution in [0.5, 0.6) is 0 Å². The van der Waals surface area contributed by atoms with Crippen LogP contribution in [-0.2, 0) is 6.42 Å². The van der Waals surface area contributed by atoms with Crippen molar-refractivity contribution in [1.82, 2.24) is 4.98 Å². The predicted molar refractivity (Wildman–Crippen MR) is 41.0 cm³/mol. The Bertz CT molecular complexity index is 198. The fourth-order valence-electron chi connectivity index (χ4n) is 0.593. The Morgan fingerprint density at radius 3 is 2.78 bits per heavy atom. The number of hydrogen-bond donors (Lipinski definition) is 0. The lowest BCUT2D eigenvalue weighted by Crippen LogP contribution is -1.80. The molecule has 0 bridgehead atoms. The molecule has 1 aromatic heterocycles. The van der Waals surface area contributed by atoms with Gasteiger partial charge in [0.05, 0.1) is 0 Å². The lowest BCUT2D eigenvalue weighted by Gasteiger charge is -1.93. The van der Waals surface area contributed by atoms with Gasteiger partial charge in [0.15, 0.2) is 0 Å². The van der Waals surface area contributed by atoms with Crippen LogP contribution in [0.25, 0.3) is 0 Å². The minimum Gasteiger partial charge on any atom is -0.263 e. The molecule has 0 aliphatic rings. The maximum atomic E-state index is 3.97. The molecule has 0 aliphatic carbocycles. The molecule has 0 saturated carbocycles. The van der Waals surface area contributed by atoms with Gasteiger partial charge in [0.1, 0.15) is 0 Å². The van der Waals surface area contributed by atoms with Crippen LogP contribution < -0.4 is 0 Å². The fourth-order valence-corrected chi connectivity index (χ4v) is 1.00. The zero-order valence-electron chi connectivity index (χ0n) is 4.97. The molecule has 1 nitrogen and oxygen atoms in total. The van der Waals surface area contributed by atoms with Crippen LogP contribution in [0.1, 0.15) is 5.56 Å². The van der Waals surface area contributed by atoms with E-state index in [0.29, 0.717) is 0 Å². The first-order valence-corrected chi connectivity index (χ1v) is 3.51. The van der Waals surface area contributed by atoms with Crippen LogP contribution in [0.2, 0.25) is 0 Å². The Morgan fingerprint density at radius 1 is 1.56 bits per heavy atom. The maximum absolute atomic E-state index is 3.97. The van der Waals surface area contributed by atoms with Crippen LogP contribution >= 0.6 is 15.9 Å². The van der Waals surface area contributed by atoms with Crippen LogP contribution in [-0.4, -0.2) is 4.98 Å². The first kappa shape index (κ1) is 6.75. The van der Waals surface area contributed by atoms with Gasteiger partial charge in [0.2, 0.25) is 0 Å². The summed E-state index contributed by atoms with van der Waals surface area (Å²) in [5.74, 6) is 0. The number of rotatable bonds is 1. The summed E-state index contributed by atoms with van der Waals surface area (Å²) in [5, 5.41) is 0. The molecule has 9 heavy (non-hydrogen) atoms. The Hall–Kier alpha value is -0.370. The average molecular weight is 185 g/mol. The fraction of sp³-hybridized carbons (Fsp3) is 0.143. The molecule has 0 atom stereocenters. The summed E-state index contributed by atoms with van der Waals surface area (Å²) >= 11 is 3.31. The van der Waals surface area contributed by atoms with Crippen LogP contribution in [0.3, 0.4) is 0 Å². The number of aromatic nitrogens is 1. The quantitative estimate of drug-likeness (QED) is 0.653. The van der Waals surface area contributed by atoms with E-state index in [1.807, 2.05) is 12.3 Å². The highest BCUT2D eigenvalue weighted by Crippen LogP contribution is 2.08. The SMILES string of the molecule is [CH2]Cc1cncc(Br)c1. The Balaban J connectivity index is 2.94. The van der Waals surface area contributed by atoms with E-state index in [2.05, 4.69) is 27.8 Å². The van der Waals surface area contributed by atoms with E-state index in [0.717, 1.165) is 16.5 Å². The van der Waals surface area contributed by atoms with E-state index in [1.165, 1.54) is 0 Å². The molecule has 1 heterocycles. The van der Waals surface area contributed by atoms with E-state index in [9.17, 15) is 0 Å². The molecule has 47 valence electrons. The van der Waals surface area contributed by atoms with Gasteiger partial charge >= 0.3 is 0 Å². The number of halogens is 1. The van der Waals surface area contributed by atoms with Crippen LogP contribution in [0.15, 0.2) is 22.9 Å². The summed E-state index contributed by atoms with van der Waals surface area (Å²) in [4.78, 5) is 3.97. The Morgan fingerprint density at radius 2 is 2.33 bits per heavy atom. The van der Waals surface area contributed by atoms with Gasteiger partial charge in [-0.2, -0.15) is 0 Å². The lowest BCUT2D eigenvalue weighted by atomic mass is 10.2. The van der Waals surface area contributed by atoms with Gasteiger partial charge in [-0.3, -0.25) is 4.98 Å². The van der Waals surface area contributed by atoms with Crippen molar-refractivity contribution >= 4 is 15.9 Å². The molecular weight excluding hydrogens is 178 g/mol. The van der Waals surface area contributed by atoms with Crippen molar-refractivity contribution in [3.05, 3.63) is 35.4 Å². The second kappa shape index (κ2) is 2.97. The van der Waals surface area contributed by atoms with E-state index >= 15 is 0 Å². The summed E-state index contributed by atoms with van der Waals surface area (Å²) in [7, 11) is 0. The second-order valence-corrected chi connectivity index (χ2v) is 2.68. The second-order valence-electron chi connectivity index (χ2n) is 1.76. The van der Waals surface area contributed by atoms with Crippen molar-refractivity contribution in [2.45, 2.75) is 6.42 Å².